The van der Waals surface area contributed by atoms with Gasteiger partial charge in [0.05, 0.1) is 6.42 Å². The number of rotatable bonds is 47. The molecular formula is C58H98O6. The van der Waals surface area contributed by atoms with Gasteiger partial charge in [-0.2, -0.15) is 0 Å². The Morgan fingerprint density at radius 1 is 0.344 bits per heavy atom. The molecule has 0 aliphatic rings. The number of carbonyl (C=O) groups excluding carboxylic acids is 3. The maximum atomic E-state index is 12.8. The summed E-state index contributed by atoms with van der Waals surface area (Å²) < 4.78 is 16.7. The van der Waals surface area contributed by atoms with Crippen molar-refractivity contribution in [2.45, 2.75) is 252 Å². The minimum atomic E-state index is -0.818. The Bertz CT molecular complexity index is 1250. The Labute approximate surface area is 395 Å². The second-order valence-corrected chi connectivity index (χ2v) is 17.4. The lowest BCUT2D eigenvalue weighted by atomic mass is 10.1. The van der Waals surface area contributed by atoms with Crippen molar-refractivity contribution in [2.24, 2.45) is 0 Å². The van der Waals surface area contributed by atoms with Crippen LogP contribution in [0.2, 0.25) is 0 Å². The van der Waals surface area contributed by atoms with Crippen LogP contribution >= 0.6 is 0 Å². The van der Waals surface area contributed by atoms with Crippen LogP contribution in [0.5, 0.6) is 0 Å². The first-order valence-electron chi connectivity index (χ1n) is 26.6. The Morgan fingerprint density at radius 3 is 1.11 bits per heavy atom. The number of unbranched alkanes of at least 4 members (excludes halogenated alkanes) is 23. The largest absolute Gasteiger partial charge is 0.462 e. The molecule has 6 heteroatoms. The number of allylic oxidation sites excluding steroid dienone is 13. The van der Waals surface area contributed by atoms with E-state index in [2.05, 4.69) is 93.7 Å². The molecule has 0 N–H and O–H groups in total. The molecule has 64 heavy (non-hydrogen) atoms. The van der Waals surface area contributed by atoms with Gasteiger partial charge in [0.15, 0.2) is 6.10 Å². The molecule has 0 aromatic carbocycles. The van der Waals surface area contributed by atoms with E-state index in [0.29, 0.717) is 12.8 Å². The highest BCUT2D eigenvalue weighted by atomic mass is 16.6. The molecule has 0 radical (unpaired) electrons. The van der Waals surface area contributed by atoms with E-state index in [1.54, 1.807) is 6.08 Å². The summed E-state index contributed by atoms with van der Waals surface area (Å²) in [7, 11) is 0. The molecule has 0 rings (SSSR count). The van der Waals surface area contributed by atoms with Gasteiger partial charge in [-0.05, 0) is 89.9 Å². The van der Waals surface area contributed by atoms with Gasteiger partial charge in [0.1, 0.15) is 13.2 Å². The highest BCUT2D eigenvalue weighted by molar-refractivity contribution is 5.72. The lowest BCUT2D eigenvalue weighted by molar-refractivity contribution is -0.166. The Hall–Kier alpha value is -3.41. The zero-order valence-electron chi connectivity index (χ0n) is 41.8. The normalized spacial score (nSPS) is 12.7. The van der Waals surface area contributed by atoms with Crippen LogP contribution in [0.15, 0.2) is 85.1 Å². The van der Waals surface area contributed by atoms with Crippen molar-refractivity contribution in [1.82, 2.24) is 0 Å². The van der Waals surface area contributed by atoms with Crippen molar-refractivity contribution >= 4 is 17.9 Å². The Kier molecular flexibility index (Phi) is 49.4. The molecule has 1 unspecified atom stereocenters. The summed E-state index contributed by atoms with van der Waals surface area (Å²) in [6.07, 6.45) is 67.5. The van der Waals surface area contributed by atoms with E-state index in [9.17, 15) is 14.4 Å². The molecule has 0 fully saturated rings. The number of carbonyl (C=O) groups is 3. The van der Waals surface area contributed by atoms with Gasteiger partial charge in [-0.15, -0.1) is 0 Å². The van der Waals surface area contributed by atoms with Gasteiger partial charge in [-0.25, -0.2) is 0 Å². The Morgan fingerprint density at radius 2 is 0.672 bits per heavy atom. The molecule has 0 heterocycles. The topological polar surface area (TPSA) is 78.9 Å². The summed E-state index contributed by atoms with van der Waals surface area (Å²) in [5, 5.41) is 0. The third-order valence-electron chi connectivity index (χ3n) is 11.1. The fourth-order valence-corrected chi connectivity index (χ4v) is 7.22. The predicted octanol–water partition coefficient (Wildman–Crippen LogP) is 17.6. The van der Waals surface area contributed by atoms with Gasteiger partial charge in [0, 0.05) is 12.8 Å². The van der Waals surface area contributed by atoms with E-state index in [1.165, 1.54) is 116 Å². The van der Waals surface area contributed by atoms with E-state index < -0.39 is 12.1 Å². The van der Waals surface area contributed by atoms with Gasteiger partial charge in [-0.3, -0.25) is 14.4 Å². The zero-order chi connectivity index (χ0) is 46.5. The van der Waals surface area contributed by atoms with Gasteiger partial charge in [0.2, 0.25) is 0 Å². The highest BCUT2D eigenvalue weighted by Gasteiger charge is 2.19. The molecular weight excluding hydrogens is 793 g/mol. The van der Waals surface area contributed by atoms with Crippen LogP contribution in [0, 0.1) is 0 Å². The van der Waals surface area contributed by atoms with E-state index in [1.807, 2.05) is 6.08 Å². The van der Waals surface area contributed by atoms with Crippen LogP contribution in [0.1, 0.15) is 245 Å². The van der Waals surface area contributed by atoms with E-state index >= 15 is 0 Å². The quantitative estimate of drug-likeness (QED) is 0.0262. The predicted molar refractivity (Wildman–Crippen MR) is 274 cm³/mol. The molecule has 0 aliphatic heterocycles. The first-order valence-corrected chi connectivity index (χ1v) is 26.6. The molecule has 0 amide bonds. The molecule has 1 atom stereocenters. The summed E-state index contributed by atoms with van der Waals surface area (Å²) >= 11 is 0. The smallest absolute Gasteiger partial charge is 0.309 e. The van der Waals surface area contributed by atoms with Crippen molar-refractivity contribution in [2.75, 3.05) is 13.2 Å². The minimum Gasteiger partial charge on any atom is -0.462 e. The fraction of sp³-hybridized carbons (Fsp3) is 0.707. The average molecular weight is 891 g/mol. The molecule has 0 aliphatic carbocycles. The number of hydrogen-bond acceptors (Lipinski definition) is 6. The SMILES string of the molecule is CC/C=C\C/C=C\C/C=C\CCCCCCCCCCCC(=O)OCC(COC(=O)C/C=C\C/C=C\C/C=C\CC)OC(=O)CCCCCCC/C=C\CCCCCCCCCCC. The fourth-order valence-electron chi connectivity index (χ4n) is 7.22. The zero-order valence-corrected chi connectivity index (χ0v) is 41.8. The van der Waals surface area contributed by atoms with Gasteiger partial charge in [-0.1, -0.05) is 221 Å². The summed E-state index contributed by atoms with van der Waals surface area (Å²) in [5.74, 6) is -1.05. The van der Waals surface area contributed by atoms with Gasteiger partial charge < -0.3 is 14.2 Å². The second-order valence-electron chi connectivity index (χ2n) is 17.4. The van der Waals surface area contributed by atoms with Crippen LogP contribution in [0.3, 0.4) is 0 Å². The van der Waals surface area contributed by atoms with Crippen molar-refractivity contribution < 1.29 is 28.6 Å². The molecule has 0 aromatic heterocycles. The first-order chi connectivity index (χ1) is 31.5. The lowest BCUT2D eigenvalue weighted by Crippen LogP contribution is -2.30. The summed E-state index contributed by atoms with van der Waals surface area (Å²) in [6, 6.07) is 0. The number of esters is 3. The third-order valence-corrected chi connectivity index (χ3v) is 11.1. The van der Waals surface area contributed by atoms with Crippen molar-refractivity contribution in [3.8, 4) is 0 Å². The second kappa shape index (κ2) is 52.2. The number of hydrogen-bond donors (Lipinski definition) is 0. The average Bonchev–Trinajstić information content (AvgIpc) is 3.29. The number of ether oxygens (including phenoxy) is 3. The van der Waals surface area contributed by atoms with Crippen molar-refractivity contribution in [3.63, 3.8) is 0 Å². The summed E-state index contributed by atoms with van der Waals surface area (Å²) in [5.41, 5.74) is 0. The van der Waals surface area contributed by atoms with Crippen molar-refractivity contribution in [3.05, 3.63) is 85.1 Å². The molecule has 6 nitrogen and oxygen atoms in total. The van der Waals surface area contributed by atoms with Crippen LogP contribution < -0.4 is 0 Å². The third kappa shape index (κ3) is 49.6. The van der Waals surface area contributed by atoms with Gasteiger partial charge in [0.25, 0.3) is 0 Å². The minimum absolute atomic E-state index is 0.110. The maximum Gasteiger partial charge on any atom is 0.309 e. The molecule has 0 saturated carbocycles. The van der Waals surface area contributed by atoms with Gasteiger partial charge >= 0.3 is 17.9 Å². The summed E-state index contributed by atoms with van der Waals surface area (Å²) in [4.78, 5) is 37.9. The molecule has 366 valence electrons. The molecule has 0 bridgehead atoms. The van der Waals surface area contributed by atoms with Crippen molar-refractivity contribution in [1.29, 1.82) is 0 Å². The van der Waals surface area contributed by atoms with Crippen LogP contribution in [-0.2, 0) is 28.6 Å². The van der Waals surface area contributed by atoms with Crippen LogP contribution in [0.25, 0.3) is 0 Å². The molecule has 0 aromatic rings. The summed E-state index contributed by atoms with van der Waals surface area (Å²) in [6.45, 7) is 6.31. The van der Waals surface area contributed by atoms with E-state index in [0.717, 1.165) is 89.9 Å². The van der Waals surface area contributed by atoms with Crippen LogP contribution in [0.4, 0.5) is 0 Å². The monoisotopic (exact) mass is 891 g/mol. The van der Waals surface area contributed by atoms with Crippen LogP contribution in [-0.4, -0.2) is 37.2 Å². The van der Waals surface area contributed by atoms with E-state index in [4.69, 9.17) is 14.2 Å². The molecule has 0 saturated heterocycles. The standard InChI is InChI=1S/C58H98O6/c1-4-7-10-13-16-19-21-23-25-27-29-31-32-34-36-39-42-45-48-51-57(60)63-54-55(53-62-56(59)50-47-44-41-38-18-15-12-9-6-3)64-58(61)52-49-46-43-40-37-35-33-30-28-26-24-22-20-17-14-11-8-5-2/h7,9-10,12,16,18-19,23,25,30,33,38,44,47,55H,4-6,8,11,13-15,17,20-22,24,26-29,31-32,34-37,39-43,45-46,48-54H2,1-3H3/b10-7-,12-9-,19-16-,25-23-,33-30-,38-18-,47-44-. The maximum absolute atomic E-state index is 12.8. The first kappa shape index (κ1) is 60.6. The lowest BCUT2D eigenvalue weighted by Gasteiger charge is -2.18. The molecule has 0 spiro atoms. The van der Waals surface area contributed by atoms with E-state index in [-0.39, 0.29) is 31.6 Å². The highest BCUT2D eigenvalue weighted by Crippen LogP contribution is 2.14. The Balaban J connectivity index is 4.36.